The van der Waals surface area contributed by atoms with Gasteiger partial charge in [-0.15, -0.1) is 0 Å². The van der Waals surface area contributed by atoms with Crippen LogP contribution in [0.2, 0.25) is 0 Å². The number of benzene rings is 3. The van der Waals surface area contributed by atoms with Gasteiger partial charge >= 0.3 is 0 Å². The number of aromatic nitrogens is 4. The Kier molecular flexibility index (Phi) is 10.4. The summed E-state index contributed by atoms with van der Waals surface area (Å²) in [4.78, 5) is 44.7. The van der Waals surface area contributed by atoms with Crippen molar-refractivity contribution in [2.75, 3.05) is 12.5 Å². The first-order valence-electron chi connectivity index (χ1n) is 17.7. The fourth-order valence-corrected chi connectivity index (χ4v) is 8.63. The molecule has 1 aliphatic rings. The van der Waals surface area contributed by atoms with Gasteiger partial charge in [-0.25, -0.2) is 35.6 Å². The highest BCUT2D eigenvalue weighted by atomic mass is 32.2. The van der Waals surface area contributed by atoms with E-state index in [1.54, 1.807) is 86.6 Å². The summed E-state index contributed by atoms with van der Waals surface area (Å²) in [5, 5.41) is 0. The van der Waals surface area contributed by atoms with Crippen LogP contribution in [0.3, 0.4) is 0 Å². The molecule has 2 N–H and O–H groups in total. The minimum absolute atomic E-state index is 0.0297. The number of imide groups is 1. The number of fused-ring (bicyclic) bond motifs is 3. The second kappa shape index (κ2) is 15.2. The monoisotopic (exact) mass is 820 g/mol. The fourth-order valence-electron chi connectivity index (χ4n) is 6.85. The Labute approximate surface area is 332 Å². The maximum Gasteiger partial charge on any atom is 0.262 e. The molecule has 3 aromatic carbocycles. The average molecular weight is 821 g/mol. The number of sulfone groups is 2. The van der Waals surface area contributed by atoms with Gasteiger partial charge in [-0.3, -0.25) is 24.5 Å². The van der Waals surface area contributed by atoms with Crippen LogP contribution in [0, 0.1) is 11.6 Å². The molecule has 4 aromatic heterocycles. The third kappa shape index (κ3) is 7.56. The lowest BCUT2D eigenvalue weighted by Gasteiger charge is -2.25. The molecule has 16 heteroatoms. The van der Waals surface area contributed by atoms with Crippen molar-refractivity contribution in [3.05, 3.63) is 143 Å². The second-order valence-electron chi connectivity index (χ2n) is 13.8. The molecule has 5 heterocycles. The van der Waals surface area contributed by atoms with Gasteiger partial charge in [-0.1, -0.05) is 48.5 Å². The van der Waals surface area contributed by atoms with Crippen molar-refractivity contribution in [2.24, 2.45) is 5.73 Å². The van der Waals surface area contributed by atoms with Crippen molar-refractivity contribution < 1.29 is 35.2 Å². The van der Waals surface area contributed by atoms with Crippen LogP contribution in [0.4, 0.5) is 8.78 Å². The zero-order chi connectivity index (χ0) is 41.7. The maximum atomic E-state index is 13.9. The highest BCUT2D eigenvalue weighted by Crippen LogP contribution is 2.39. The third-order valence-corrected chi connectivity index (χ3v) is 11.9. The first kappa shape index (κ1) is 39.9. The molecule has 0 aliphatic carbocycles. The van der Waals surface area contributed by atoms with Gasteiger partial charge in [0.15, 0.2) is 19.7 Å². The molecule has 58 heavy (non-hydrogen) atoms. The Bertz CT molecular complexity index is 3020. The van der Waals surface area contributed by atoms with Crippen LogP contribution in [0.5, 0.6) is 0 Å². The number of hydrogen-bond acceptors (Lipinski definition) is 11. The number of nitrogens with zero attached hydrogens (tertiary/aromatic N) is 5. The van der Waals surface area contributed by atoms with E-state index in [0.717, 1.165) is 29.8 Å². The summed E-state index contributed by atoms with van der Waals surface area (Å²) in [6.07, 6.45) is 4.38. The van der Waals surface area contributed by atoms with E-state index in [2.05, 4.69) is 19.9 Å². The lowest BCUT2D eigenvalue weighted by molar-refractivity contribution is 0.0595. The van der Waals surface area contributed by atoms with Gasteiger partial charge < -0.3 is 5.73 Å². The van der Waals surface area contributed by atoms with Crippen LogP contribution in [-0.4, -0.2) is 66.0 Å². The molecule has 0 fully saturated rings. The molecular weight excluding hydrogens is 787 g/mol. The number of pyridine rings is 4. The number of hydrogen-bond donors (Lipinski definition) is 1. The summed E-state index contributed by atoms with van der Waals surface area (Å²) in [5.41, 5.74) is 10.5. The van der Waals surface area contributed by atoms with E-state index < -0.39 is 55.2 Å². The van der Waals surface area contributed by atoms with Crippen molar-refractivity contribution >= 4 is 53.6 Å². The molecule has 12 nitrogen and oxygen atoms in total. The minimum atomic E-state index is -3.65. The van der Waals surface area contributed by atoms with Gasteiger partial charge in [0.05, 0.1) is 72.8 Å². The first-order chi connectivity index (χ1) is 27.4. The lowest BCUT2D eigenvalue weighted by Crippen LogP contribution is -2.33. The van der Waals surface area contributed by atoms with Crippen molar-refractivity contribution in [3.8, 4) is 22.5 Å². The smallest absolute Gasteiger partial charge is 0.262 e. The summed E-state index contributed by atoms with van der Waals surface area (Å²) in [6.45, 7) is 3.44. The molecule has 294 valence electrons. The molecule has 0 saturated carbocycles. The van der Waals surface area contributed by atoms with Crippen LogP contribution in [0.25, 0.3) is 44.6 Å². The van der Waals surface area contributed by atoms with Gasteiger partial charge in [0.25, 0.3) is 11.8 Å². The Hall–Kier alpha value is -6.36. The zero-order valence-corrected chi connectivity index (χ0v) is 33.0. The third-order valence-electron chi connectivity index (χ3n) is 9.56. The molecule has 2 amide bonds. The molecular formula is C42H34F2N6O6S2. The maximum absolute atomic E-state index is 13.9. The van der Waals surface area contributed by atoms with E-state index in [1.807, 2.05) is 0 Å². The zero-order valence-electron chi connectivity index (χ0n) is 31.4. The SMILES string of the molecule is CC(N)c1cc2ncc(F)cc2nc1-c1ccccc1S(C)(=O)=O.CC(c1cc2ncc(F)cc2nc1-c1ccccc1S(C)(=O)=O)N1C(=O)c2ccccc2C1=O. The summed E-state index contributed by atoms with van der Waals surface area (Å²) >= 11 is 0. The van der Waals surface area contributed by atoms with Gasteiger partial charge in [-0.05, 0) is 55.8 Å². The highest BCUT2D eigenvalue weighted by molar-refractivity contribution is 7.91. The van der Waals surface area contributed by atoms with Crippen LogP contribution in [-0.2, 0) is 19.7 Å². The van der Waals surface area contributed by atoms with Crippen molar-refractivity contribution in [3.63, 3.8) is 0 Å². The van der Waals surface area contributed by atoms with Crippen molar-refractivity contribution in [1.82, 2.24) is 24.8 Å². The largest absolute Gasteiger partial charge is 0.324 e. The molecule has 7 aromatic rings. The predicted molar refractivity (Wildman–Crippen MR) is 214 cm³/mol. The number of nitrogens with two attached hydrogens (primary N) is 1. The van der Waals surface area contributed by atoms with E-state index in [9.17, 15) is 35.2 Å². The van der Waals surface area contributed by atoms with Crippen LogP contribution < -0.4 is 5.73 Å². The molecule has 2 unspecified atom stereocenters. The standard InChI is InChI=1S/C25H18FN3O4S.C17H16FN3O2S/c1-14(29-24(30)16-7-3-4-8-17(16)25(29)31)19-12-20-21(11-15(26)13-27-20)28-23(19)18-9-5-6-10-22(18)34(2,32)33;1-10(19)13-8-14-15(7-11(18)9-20-14)21-17(13)12-5-3-4-6-16(12)24(2,22)23/h3-14H,1-2H3;3-10H,19H2,1-2H3. The Morgan fingerprint density at radius 2 is 0.948 bits per heavy atom. The van der Waals surface area contributed by atoms with E-state index in [-0.39, 0.29) is 26.6 Å². The van der Waals surface area contributed by atoms with E-state index in [1.165, 1.54) is 24.3 Å². The molecule has 0 spiro atoms. The average Bonchev–Trinajstić information content (AvgIpc) is 3.44. The number of rotatable bonds is 7. The molecule has 8 rings (SSSR count). The number of carbonyl (C=O) groups excluding carboxylic acids is 2. The number of amides is 2. The molecule has 1 aliphatic heterocycles. The van der Waals surface area contributed by atoms with Crippen molar-refractivity contribution in [2.45, 2.75) is 35.7 Å². The molecule has 0 saturated heterocycles. The lowest BCUT2D eigenvalue weighted by atomic mass is 9.98. The summed E-state index contributed by atoms with van der Waals surface area (Å²) in [6, 6.07) is 24.0. The normalized spacial score (nSPS) is 13.9. The van der Waals surface area contributed by atoms with Crippen molar-refractivity contribution in [1.29, 1.82) is 0 Å². The van der Waals surface area contributed by atoms with E-state index >= 15 is 0 Å². The molecule has 0 radical (unpaired) electrons. The number of halogens is 2. The van der Waals surface area contributed by atoms with Gasteiger partial charge in [0.1, 0.15) is 11.6 Å². The minimum Gasteiger partial charge on any atom is -0.324 e. The molecule has 2 atom stereocenters. The first-order valence-corrected chi connectivity index (χ1v) is 21.5. The van der Waals surface area contributed by atoms with Crippen LogP contribution in [0.1, 0.15) is 57.8 Å². The Morgan fingerprint density at radius 3 is 1.36 bits per heavy atom. The van der Waals surface area contributed by atoms with Crippen LogP contribution in [0.15, 0.2) is 119 Å². The number of carbonyl (C=O) groups is 2. The van der Waals surface area contributed by atoms with E-state index in [4.69, 9.17) is 5.73 Å². The topological polar surface area (TPSA) is 183 Å². The quantitative estimate of drug-likeness (QED) is 0.163. The summed E-state index contributed by atoms with van der Waals surface area (Å²) in [5.74, 6) is -2.01. The molecule has 0 bridgehead atoms. The van der Waals surface area contributed by atoms with Gasteiger partial charge in [-0.2, -0.15) is 0 Å². The fraction of sp³-hybridized carbons (Fsp3) is 0.143. The van der Waals surface area contributed by atoms with E-state index in [0.29, 0.717) is 50.1 Å². The Morgan fingerprint density at radius 1 is 0.569 bits per heavy atom. The van der Waals surface area contributed by atoms with Gasteiger partial charge in [0, 0.05) is 47.4 Å². The predicted octanol–water partition coefficient (Wildman–Crippen LogP) is 7.06. The highest BCUT2D eigenvalue weighted by Gasteiger charge is 2.40. The second-order valence-corrected chi connectivity index (χ2v) is 17.7. The summed E-state index contributed by atoms with van der Waals surface area (Å²) < 4.78 is 76.6. The van der Waals surface area contributed by atoms with Crippen LogP contribution >= 0.6 is 0 Å². The summed E-state index contributed by atoms with van der Waals surface area (Å²) in [7, 11) is -7.10. The Balaban J connectivity index is 0.000000188. The van der Waals surface area contributed by atoms with Gasteiger partial charge in [0.2, 0.25) is 0 Å².